The standard InChI is InChI=1S/C20H16F4N4O2/c21-15-6-4-13(5-7-15)17-10-28-16(11-30-17)18(26-27-28)19(29)25-9-12-2-1-3-14(8-12)20(22,23)24/h1-8,17H,9-11H2,(H,25,29). The van der Waals surface area contributed by atoms with E-state index in [0.717, 1.165) is 17.7 Å². The zero-order chi connectivity index (χ0) is 21.3. The molecule has 3 aromatic rings. The Morgan fingerprint density at radius 3 is 2.70 bits per heavy atom. The van der Waals surface area contributed by atoms with E-state index < -0.39 is 17.6 Å². The van der Waals surface area contributed by atoms with Crippen molar-refractivity contribution in [1.82, 2.24) is 20.3 Å². The highest BCUT2D eigenvalue weighted by Crippen LogP contribution is 2.30. The SMILES string of the molecule is O=C(NCc1cccc(C(F)(F)F)c1)c1nnn2c1COC(c1ccc(F)cc1)C2. The maximum Gasteiger partial charge on any atom is 0.416 e. The van der Waals surface area contributed by atoms with E-state index in [0.29, 0.717) is 17.8 Å². The fourth-order valence-corrected chi connectivity index (χ4v) is 3.19. The van der Waals surface area contributed by atoms with Gasteiger partial charge in [0.1, 0.15) is 11.9 Å². The second kappa shape index (κ2) is 7.86. The Labute approximate surface area is 168 Å². The van der Waals surface area contributed by atoms with Gasteiger partial charge in [0, 0.05) is 6.54 Å². The third-order valence-electron chi connectivity index (χ3n) is 4.76. The number of amides is 1. The van der Waals surface area contributed by atoms with Crippen molar-refractivity contribution in [3.63, 3.8) is 0 Å². The lowest BCUT2D eigenvalue weighted by Gasteiger charge is -2.24. The summed E-state index contributed by atoms with van der Waals surface area (Å²) in [6.45, 7) is 0.282. The Balaban J connectivity index is 1.43. The van der Waals surface area contributed by atoms with E-state index in [9.17, 15) is 22.4 Å². The third kappa shape index (κ3) is 4.18. The Bertz CT molecular complexity index is 1060. The number of nitrogens with one attached hydrogen (secondary N) is 1. The molecule has 0 saturated carbocycles. The van der Waals surface area contributed by atoms with Crippen LogP contribution in [0.15, 0.2) is 48.5 Å². The molecule has 1 aliphatic rings. The number of hydrogen-bond donors (Lipinski definition) is 1. The molecule has 1 N–H and O–H groups in total. The molecule has 4 rings (SSSR count). The molecular formula is C20H16F4N4O2. The molecule has 1 aliphatic heterocycles. The summed E-state index contributed by atoms with van der Waals surface area (Å²) >= 11 is 0. The van der Waals surface area contributed by atoms with Gasteiger partial charge in [-0.05, 0) is 35.4 Å². The topological polar surface area (TPSA) is 69.0 Å². The predicted molar refractivity (Wildman–Crippen MR) is 96.6 cm³/mol. The first-order valence-corrected chi connectivity index (χ1v) is 9.05. The number of aromatic nitrogens is 3. The normalized spacial score (nSPS) is 16.2. The molecule has 10 heteroatoms. The van der Waals surface area contributed by atoms with Gasteiger partial charge in [0.2, 0.25) is 0 Å². The monoisotopic (exact) mass is 420 g/mol. The van der Waals surface area contributed by atoms with Gasteiger partial charge in [0.05, 0.1) is 24.4 Å². The zero-order valence-electron chi connectivity index (χ0n) is 15.5. The van der Waals surface area contributed by atoms with Crippen molar-refractivity contribution in [2.24, 2.45) is 0 Å². The van der Waals surface area contributed by atoms with Crippen LogP contribution >= 0.6 is 0 Å². The first kappa shape index (κ1) is 20.0. The molecule has 1 atom stereocenters. The number of rotatable bonds is 4. The second-order valence-electron chi connectivity index (χ2n) is 6.80. The molecule has 0 radical (unpaired) electrons. The minimum atomic E-state index is -4.45. The Hall–Kier alpha value is -3.27. The van der Waals surface area contributed by atoms with Gasteiger partial charge in [-0.3, -0.25) is 4.79 Å². The van der Waals surface area contributed by atoms with E-state index in [4.69, 9.17) is 4.74 Å². The Kier molecular flexibility index (Phi) is 5.25. The number of ether oxygens (including phenoxy) is 1. The van der Waals surface area contributed by atoms with Crippen molar-refractivity contribution in [2.45, 2.75) is 32.0 Å². The molecule has 156 valence electrons. The summed E-state index contributed by atoms with van der Waals surface area (Å²) in [7, 11) is 0. The van der Waals surface area contributed by atoms with Gasteiger partial charge in [0.15, 0.2) is 5.69 Å². The van der Waals surface area contributed by atoms with Crippen molar-refractivity contribution >= 4 is 5.91 Å². The van der Waals surface area contributed by atoms with Crippen LogP contribution in [0.2, 0.25) is 0 Å². The maximum atomic E-state index is 13.1. The molecule has 1 amide bonds. The fourth-order valence-electron chi connectivity index (χ4n) is 3.19. The molecule has 0 spiro atoms. The van der Waals surface area contributed by atoms with Crippen molar-refractivity contribution in [3.8, 4) is 0 Å². The van der Waals surface area contributed by atoms with Crippen molar-refractivity contribution < 1.29 is 27.1 Å². The lowest BCUT2D eigenvalue weighted by molar-refractivity contribution is -0.137. The van der Waals surface area contributed by atoms with Crippen LogP contribution in [0, 0.1) is 5.82 Å². The molecule has 0 fully saturated rings. The summed E-state index contributed by atoms with van der Waals surface area (Å²) in [4.78, 5) is 12.5. The molecule has 6 nitrogen and oxygen atoms in total. The molecule has 2 heterocycles. The number of carbonyl (C=O) groups is 1. The summed E-state index contributed by atoms with van der Waals surface area (Å²) in [6.07, 6.45) is -4.81. The van der Waals surface area contributed by atoms with E-state index in [1.54, 1.807) is 12.1 Å². The van der Waals surface area contributed by atoms with Crippen LogP contribution in [0.3, 0.4) is 0 Å². The van der Waals surface area contributed by atoms with Crippen LogP contribution in [0.1, 0.15) is 39.0 Å². The number of halogens is 4. The average Bonchev–Trinajstić information content (AvgIpc) is 3.15. The van der Waals surface area contributed by atoms with Gasteiger partial charge in [-0.1, -0.05) is 29.5 Å². The summed E-state index contributed by atoms with van der Waals surface area (Å²) < 4.78 is 58.8. The Morgan fingerprint density at radius 2 is 1.97 bits per heavy atom. The number of alkyl halides is 3. The second-order valence-corrected chi connectivity index (χ2v) is 6.80. The predicted octanol–water partition coefficient (Wildman–Crippen LogP) is 3.64. The quantitative estimate of drug-likeness (QED) is 0.655. The van der Waals surface area contributed by atoms with Crippen molar-refractivity contribution in [3.05, 3.63) is 82.4 Å². The van der Waals surface area contributed by atoms with Gasteiger partial charge in [-0.2, -0.15) is 13.2 Å². The molecule has 0 aliphatic carbocycles. The number of hydrogen-bond acceptors (Lipinski definition) is 4. The van der Waals surface area contributed by atoms with E-state index >= 15 is 0 Å². The van der Waals surface area contributed by atoms with Gasteiger partial charge >= 0.3 is 6.18 Å². The largest absolute Gasteiger partial charge is 0.416 e. The third-order valence-corrected chi connectivity index (χ3v) is 4.76. The minimum absolute atomic E-state index is 0.0551. The molecule has 30 heavy (non-hydrogen) atoms. The molecular weight excluding hydrogens is 404 g/mol. The molecule has 2 aromatic carbocycles. The van der Waals surface area contributed by atoms with Gasteiger partial charge in [-0.15, -0.1) is 5.10 Å². The van der Waals surface area contributed by atoms with Crippen LogP contribution in [-0.2, 0) is 30.6 Å². The van der Waals surface area contributed by atoms with Crippen LogP contribution in [0.25, 0.3) is 0 Å². The van der Waals surface area contributed by atoms with E-state index in [1.165, 1.54) is 28.9 Å². The van der Waals surface area contributed by atoms with Crippen LogP contribution in [0.4, 0.5) is 17.6 Å². The lowest BCUT2D eigenvalue weighted by Crippen LogP contribution is -2.27. The van der Waals surface area contributed by atoms with E-state index in [1.807, 2.05) is 0 Å². The lowest BCUT2D eigenvalue weighted by atomic mass is 10.1. The van der Waals surface area contributed by atoms with Crippen molar-refractivity contribution in [1.29, 1.82) is 0 Å². The highest BCUT2D eigenvalue weighted by Gasteiger charge is 2.31. The highest BCUT2D eigenvalue weighted by atomic mass is 19.4. The Morgan fingerprint density at radius 1 is 1.20 bits per heavy atom. The van der Waals surface area contributed by atoms with E-state index in [-0.39, 0.29) is 30.8 Å². The van der Waals surface area contributed by atoms with Gasteiger partial charge < -0.3 is 10.1 Å². The molecule has 1 unspecified atom stereocenters. The number of benzene rings is 2. The highest BCUT2D eigenvalue weighted by molar-refractivity contribution is 5.93. The van der Waals surface area contributed by atoms with Crippen LogP contribution in [-0.4, -0.2) is 20.9 Å². The van der Waals surface area contributed by atoms with Gasteiger partial charge in [0.25, 0.3) is 5.91 Å². The number of fused-ring (bicyclic) bond motifs is 1. The van der Waals surface area contributed by atoms with E-state index in [2.05, 4.69) is 15.6 Å². The van der Waals surface area contributed by atoms with Crippen LogP contribution < -0.4 is 5.32 Å². The van der Waals surface area contributed by atoms with Crippen LogP contribution in [0.5, 0.6) is 0 Å². The summed E-state index contributed by atoms with van der Waals surface area (Å²) in [5, 5.41) is 10.4. The van der Waals surface area contributed by atoms with Gasteiger partial charge in [-0.25, -0.2) is 9.07 Å². The fraction of sp³-hybridized carbons (Fsp3) is 0.250. The average molecular weight is 420 g/mol. The molecule has 0 bridgehead atoms. The summed E-state index contributed by atoms with van der Waals surface area (Å²) in [5.74, 6) is -0.909. The first-order valence-electron chi connectivity index (χ1n) is 9.05. The minimum Gasteiger partial charge on any atom is -0.365 e. The zero-order valence-corrected chi connectivity index (χ0v) is 15.5. The molecule has 0 saturated heterocycles. The summed E-state index contributed by atoms with van der Waals surface area (Å²) in [6, 6.07) is 10.6. The molecule has 1 aromatic heterocycles. The number of carbonyl (C=O) groups excluding carboxylic acids is 1. The van der Waals surface area contributed by atoms with Crippen molar-refractivity contribution in [2.75, 3.05) is 0 Å². The first-order chi connectivity index (χ1) is 14.3. The smallest absolute Gasteiger partial charge is 0.365 e. The maximum absolute atomic E-state index is 13.1. The summed E-state index contributed by atoms with van der Waals surface area (Å²) in [5.41, 5.74) is 0.824. The number of nitrogens with zero attached hydrogens (tertiary/aromatic N) is 3.